The first kappa shape index (κ1) is 16.7. The average molecular weight is 328 g/mol. The van der Waals surface area contributed by atoms with Crippen LogP contribution in [-0.2, 0) is 13.1 Å². The van der Waals surface area contributed by atoms with Gasteiger partial charge in [0.15, 0.2) is 5.69 Å². The van der Waals surface area contributed by atoms with E-state index in [-0.39, 0.29) is 18.5 Å². The molecule has 0 bridgehead atoms. The lowest BCUT2D eigenvalue weighted by atomic mass is 10.0. The SMILES string of the molecule is CN(C)Cc1ccc(C2CCCN2C(=O)c2coc(CN)n2)cc1. The summed E-state index contributed by atoms with van der Waals surface area (Å²) in [4.78, 5) is 20.9. The van der Waals surface area contributed by atoms with E-state index in [2.05, 4.69) is 48.2 Å². The number of carbonyl (C=O) groups is 1. The Bertz CT molecular complexity index is 693. The summed E-state index contributed by atoms with van der Waals surface area (Å²) < 4.78 is 5.20. The van der Waals surface area contributed by atoms with E-state index in [1.807, 2.05) is 4.90 Å². The van der Waals surface area contributed by atoms with Gasteiger partial charge in [-0.3, -0.25) is 4.79 Å². The van der Waals surface area contributed by atoms with Gasteiger partial charge in [-0.1, -0.05) is 24.3 Å². The van der Waals surface area contributed by atoms with Gasteiger partial charge in [-0.2, -0.15) is 0 Å². The molecule has 3 rings (SSSR count). The number of rotatable bonds is 5. The summed E-state index contributed by atoms with van der Waals surface area (Å²) in [6.45, 7) is 1.85. The number of oxazole rings is 1. The van der Waals surface area contributed by atoms with Crippen LogP contribution in [0.1, 0.15) is 46.4 Å². The first-order chi connectivity index (χ1) is 11.6. The zero-order valence-corrected chi connectivity index (χ0v) is 14.2. The molecule has 1 aromatic carbocycles. The summed E-state index contributed by atoms with van der Waals surface area (Å²) in [5.41, 5.74) is 8.28. The molecule has 1 fully saturated rings. The van der Waals surface area contributed by atoms with Crippen molar-refractivity contribution >= 4 is 5.91 Å². The fraction of sp³-hybridized carbons (Fsp3) is 0.444. The van der Waals surface area contributed by atoms with Gasteiger partial charge in [0.1, 0.15) is 6.26 Å². The van der Waals surface area contributed by atoms with E-state index >= 15 is 0 Å². The fourth-order valence-corrected chi connectivity index (χ4v) is 3.22. The predicted octanol–water partition coefficient (Wildman–Crippen LogP) is 2.17. The number of amides is 1. The van der Waals surface area contributed by atoms with Gasteiger partial charge in [0.2, 0.25) is 5.89 Å². The summed E-state index contributed by atoms with van der Waals surface area (Å²) in [5.74, 6) is 0.306. The molecule has 6 nitrogen and oxygen atoms in total. The Morgan fingerprint density at radius 3 is 2.75 bits per heavy atom. The molecule has 0 saturated carbocycles. The Morgan fingerprint density at radius 2 is 2.12 bits per heavy atom. The van der Waals surface area contributed by atoms with Crippen LogP contribution in [0.4, 0.5) is 0 Å². The van der Waals surface area contributed by atoms with E-state index in [1.54, 1.807) is 0 Å². The van der Waals surface area contributed by atoms with E-state index in [1.165, 1.54) is 17.4 Å². The largest absolute Gasteiger partial charge is 0.447 e. The van der Waals surface area contributed by atoms with Crippen LogP contribution in [0.2, 0.25) is 0 Å². The van der Waals surface area contributed by atoms with Gasteiger partial charge in [-0.05, 0) is 38.1 Å². The van der Waals surface area contributed by atoms with Crippen LogP contribution in [0.3, 0.4) is 0 Å². The Kier molecular flexibility index (Phi) is 4.97. The summed E-state index contributed by atoms with van der Waals surface area (Å²) in [6, 6.07) is 8.63. The molecule has 2 aromatic rings. The van der Waals surface area contributed by atoms with Crippen molar-refractivity contribution in [3.8, 4) is 0 Å². The van der Waals surface area contributed by atoms with Crippen molar-refractivity contribution in [1.82, 2.24) is 14.8 Å². The molecule has 1 unspecified atom stereocenters. The lowest BCUT2D eigenvalue weighted by Crippen LogP contribution is -2.30. The minimum Gasteiger partial charge on any atom is -0.447 e. The van der Waals surface area contributed by atoms with Gasteiger partial charge in [-0.15, -0.1) is 0 Å². The highest BCUT2D eigenvalue weighted by Crippen LogP contribution is 2.33. The molecule has 0 aliphatic carbocycles. The number of aromatic nitrogens is 1. The second-order valence-electron chi connectivity index (χ2n) is 6.47. The molecular formula is C18H24N4O2. The number of likely N-dealkylation sites (tertiary alicyclic amines) is 1. The molecule has 1 aromatic heterocycles. The zero-order valence-electron chi connectivity index (χ0n) is 14.2. The van der Waals surface area contributed by atoms with E-state index in [0.29, 0.717) is 11.6 Å². The van der Waals surface area contributed by atoms with Crippen LogP contribution in [0, 0.1) is 0 Å². The normalized spacial score (nSPS) is 17.7. The lowest BCUT2D eigenvalue weighted by molar-refractivity contribution is 0.0729. The van der Waals surface area contributed by atoms with Gasteiger partial charge >= 0.3 is 0 Å². The summed E-state index contributed by atoms with van der Waals surface area (Å²) in [7, 11) is 4.11. The van der Waals surface area contributed by atoms with Crippen molar-refractivity contribution in [2.45, 2.75) is 32.0 Å². The van der Waals surface area contributed by atoms with Gasteiger partial charge in [0.05, 0.1) is 12.6 Å². The van der Waals surface area contributed by atoms with E-state index in [9.17, 15) is 4.79 Å². The molecule has 2 heterocycles. The number of hydrogen-bond acceptors (Lipinski definition) is 5. The minimum atomic E-state index is -0.0849. The Morgan fingerprint density at radius 1 is 1.38 bits per heavy atom. The number of carbonyl (C=O) groups excluding carboxylic acids is 1. The Labute approximate surface area is 142 Å². The molecule has 1 saturated heterocycles. The molecular weight excluding hydrogens is 304 g/mol. The standard InChI is InChI=1S/C18H24N4O2/c1-21(2)11-13-5-7-14(8-6-13)16-4-3-9-22(16)18(23)15-12-24-17(10-19)20-15/h5-8,12,16H,3-4,9-11,19H2,1-2H3. The number of hydrogen-bond donors (Lipinski definition) is 1. The smallest absolute Gasteiger partial charge is 0.276 e. The molecule has 0 radical (unpaired) electrons. The first-order valence-electron chi connectivity index (χ1n) is 8.27. The highest BCUT2D eigenvalue weighted by Gasteiger charge is 2.32. The first-order valence-corrected chi connectivity index (χ1v) is 8.27. The molecule has 6 heteroatoms. The van der Waals surface area contributed by atoms with Gasteiger partial charge in [0, 0.05) is 13.1 Å². The van der Waals surface area contributed by atoms with Crippen LogP contribution in [0.5, 0.6) is 0 Å². The summed E-state index contributed by atoms with van der Waals surface area (Å²) in [6.07, 6.45) is 3.37. The van der Waals surface area contributed by atoms with Crippen molar-refractivity contribution in [2.75, 3.05) is 20.6 Å². The number of nitrogens with zero attached hydrogens (tertiary/aromatic N) is 3. The highest BCUT2D eigenvalue weighted by molar-refractivity contribution is 5.92. The molecule has 1 atom stereocenters. The van der Waals surface area contributed by atoms with Crippen LogP contribution in [-0.4, -0.2) is 41.3 Å². The third kappa shape index (κ3) is 3.49. The second-order valence-corrected chi connectivity index (χ2v) is 6.47. The third-order valence-corrected chi connectivity index (χ3v) is 4.32. The maximum atomic E-state index is 12.7. The fourth-order valence-electron chi connectivity index (χ4n) is 3.22. The van der Waals surface area contributed by atoms with Crippen LogP contribution in [0.15, 0.2) is 34.9 Å². The minimum absolute atomic E-state index is 0.0849. The van der Waals surface area contributed by atoms with Gasteiger partial charge < -0.3 is 20.0 Å². The molecule has 1 aliphatic rings. The number of benzene rings is 1. The highest BCUT2D eigenvalue weighted by atomic mass is 16.3. The maximum absolute atomic E-state index is 12.7. The molecule has 1 amide bonds. The molecule has 1 aliphatic heterocycles. The van der Waals surface area contributed by atoms with Crippen LogP contribution in [0.25, 0.3) is 0 Å². The molecule has 128 valence electrons. The average Bonchev–Trinajstić information content (AvgIpc) is 3.24. The van der Waals surface area contributed by atoms with Crippen molar-refractivity contribution in [1.29, 1.82) is 0 Å². The Balaban J connectivity index is 1.76. The maximum Gasteiger partial charge on any atom is 0.276 e. The van der Waals surface area contributed by atoms with Crippen LogP contribution < -0.4 is 5.73 Å². The van der Waals surface area contributed by atoms with E-state index in [4.69, 9.17) is 10.2 Å². The molecule has 2 N–H and O–H groups in total. The second kappa shape index (κ2) is 7.15. The number of nitrogens with two attached hydrogens (primary N) is 1. The Hall–Kier alpha value is -2.18. The van der Waals surface area contributed by atoms with Gasteiger partial charge in [-0.25, -0.2) is 4.98 Å². The zero-order chi connectivity index (χ0) is 17.1. The van der Waals surface area contributed by atoms with E-state index < -0.39 is 0 Å². The van der Waals surface area contributed by atoms with Crippen molar-refractivity contribution < 1.29 is 9.21 Å². The molecule has 24 heavy (non-hydrogen) atoms. The monoisotopic (exact) mass is 328 g/mol. The predicted molar refractivity (Wildman–Crippen MR) is 91.2 cm³/mol. The quantitative estimate of drug-likeness (QED) is 0.910. The van der Waals surface area contributed by atoms with E-state index in [0.717, 1.165) is 25.9 Å². The summed E-state index contributed by atoms with van der Waals surface area (Å²) >= 11 is 0. The van der Waals surface area contributed by atoms with Gasteiger partial charge in [0.25, 0.3) is 5.91 Å². The third-order valence-electron chi connectivity index (χ3n) is 4.32. The van der Waals surface area contributed by atoms with Crippen molar-refractivity contribution in [3.05, 3.63) is 53.2 Å². The topological polar surface area (TPSA) is 75.6 Å². The van der Waals surface area contributed by atoms with Crippen LogP contribution >= 0.6 is 0 Å². The summed E-state index contributed by atoms with van der Waals surface area (Å²) in [5, 5.41) is 0. The molecule has 0 spiro atoms. The van der Waals surface area contributed by atoms with Crippen molar-refractivity contribution in [2.24, 2.45) is 5.73 Å². The lowest BCUT2D eigenvalue weighted by Gasteiger charge is -2.24. The van der Waals surface area contributed by atoms with Crippen molar-refractivity contribution in [3.63, 3.8) is 0 Å².